The molecule has 0 aliphatic carbocycles. The summed E-state index contributed by atoms with van der Waals surface area (Å²) in [7, 11) is 2.25. The Morgan fingerprint density at radius 1 is 1.28 bits per heavy atom. The lowest BCUT2D eigenvalue weighted by Crippen LogP contribution is -2.47. The molecule has 0 aromatic heterocycles. The molecule has 0 amide bonds. The van der Waals surface area contributed by atoms with Gasteiger partial charge in [-0.25, -0.2) is 0 Å². The van der Waals surface area contributed by atoms with Crippen molar-refractivity contribution in [3.05, 3.63) is 0 Å². The molecule has 108 valence electrons. The lowest BCUT2D eigenvalue weighted by atomic mass is 9.92. The molecule has 0 N–H and O–H groups in total. The molecule has 1 aliphatic rings. The second-order valence-corrected chi connectivity index (χ2v) is 7.14. The van der Waals surface area contributed by atoms with Gasteiger partial charge in [0.25, 0.3) is 0 Å². The van der Waals surface area contributed by atoms with Gasteiger partial charge in [-0.05, 0) is 80.8 Å². The second-order valence-electron chi connectivity index (χ2n) is 7.14. The van der Waals surface area contributed by atoms with Crippen LogP contribution in [-0.2, 0) is 0 Å². The van der Waals surface area contributed by atoms with Gasteiger partial charge in [0.2, 0.25) is 0 Å². The van der Waals surface area contributed by atoms with Gasteiger partial charge >= 0.3 is 0 Å². The number of hydrogen-bond acceptors (Lipinski definition) is 2. The van der Waals surface area contributed by atoms with Gasteiger partial charge in [0, 0.05) is 23.7 Å². The predicted octanol–water partition coefficient (Wildman–Crippen LogP) is 3.76. The summed E-state index contributed by atoms with van der Waals surface area (Å²) in [6.07, 6.45) is 5.36. The van der Waals surface area contributed by atoms with Crippen LogP contribution in [0.3, 0.4) is 0 Å². The molecular formula is C16H34N2. The van der Waals surface area contributed by atoms with Crippen LogP contribution in [0.1, 0.15) is 67.2 Å². The highest BCUT2D eigenvalue weighted by atomic mass is 15.2. The van der Waals surface area contributed by atoms with E-state index in [-0.39, 0.29) is 0 Å². The van der Waals surface area contributed by atoms with E-state index < -0.39 is 0 Å². The fourth-order valence-corrected chi connectivity index (χ4v) is 3.25. The summed E-state index contributed by atoms with van der Waals surface area (Å²) >= 11 is 0. The minimum atomic E-state index is 0.363. The Hall–Kier alpha value is -0.0800. The molecule has 0 bridgehead atoms. The van der Waals surface area contributed by atoms with Gasteiger partial charge in [0.05, 0.1) is 0 Å². The van der Waals surface area contributed by atoms with Crippen LogP contribution in [0, 0.1) is 0 Å². The molecule has 0 radical (unpaired) electrons. The third-order valence-electron chi connectivity index (χ3n) is 5.01. The van der Waals surface area contributed by atoms with Crippen LogP contribution in [0.4, 0.5) is 0 Å². The van der Waals surface area contributed by atoms with Gasteiger partial charge in [0.1, 0.15) is 0 Å². The molecule has 0 aromatic rings. The van der Waals surface area contributed by atoms with E-state index in [0.717, 1.165) is 6.04 Å². The Bertz CT molecular complexity index is 247. The van der Waals surface area contributed by atoms with Gasteiger partial charge in [-0.2, -0.15) is 0 Å². The SMILES string of the molecule is CC(C)N(C)C(C)CCC(C)(C)N1CCCC1C. The standard InChI is InChI=1S/C16H34N2/c1-13(2)17(7)14(3)10-11-16(5,6)18-12-8-9-15(18)4/h13-15H,8-12H2,1-7H3. The van der Waals surface area contributed by atoms with Gasteiger partial charge in [-0.3, -0.25) is 4.90 Å². The Morgan fingerprint density at radius 2 is 1.89 bits per heavy atom. The van der Waals surface area contributed by atoms with E-state index in [0.29, 0.717) is 17.6 Å². The molecule has 1 heterocycles. The molecule has 2 unspecified atom stereocenters. The lowest BCUT2D eigenvalue weighted by Gasteiger charge is -2.40. The third-order valence-corrected chi connectivity index (χ3v) is 5.01. The van der Waals surface area contributed by atoms with Crippen molar-refractivity contribution in [2.45, 2.75) is 90.9 Å². The highest BCUT2D eigenvalue weighted by Gasteiger charge is 2.33. The van der Waals surface area contributed by atoms with Crippen molar-refractivity contribution in [2.24, 2.45) is 0 Å². The van der Waals surface area contributed by atoms with E-state index in [1.165, 1.54) is 32.2 Å². The Balaban J connectivity index is 2.46. The Labute approximate surface area is 115 Å². The number of nitrogens with zero attached hydrogens (tertiary/aromatic N) is 2. The van der Waals surface area contributed by atoms with Crippen molar-refractivity contribution in [1.29, 1.82) is 0 Å². The number of rotatable bonds is 6. The average molecular weight is 254 g/mol. The van der Waals surface area contributed by atoms with Crippen molar-refractivity contribution < 1.29 is 0 Å². The second kappa shape index (κ2) is 6.38. The molecule has 1 aliphatic heterocycles. The molecule has 1 saturated heterocycles. The summed E-state index contributed by atoms with van der Waals surface area (Å²) in [6.45, 7) is 15.5. The van der Waals surface area contributed by atoms with E-state index in [1.807, 2.05) is 0 Å². The van der Waals surface area contributed by atoms with Crippen molar-refractivity contribution >= 4 is 0 Å². The third kappa shape index (κ3) is 3.96. The summed E-state index contributed by atoms with van der Waals surface area (Å²) in [5, 5.41) is 0. The Kier molecular flexibility index (Phi) is 5.67. The van der Waals surface area contributed by atoms with E-state index in [1.54, 1.807) is 0 Å². The first kappa shape index (κ1) is 16.0. The van der Waals surface area contributed by atoms with Crippen molar-refractivity contribution in [3.8, 4) is 0 Å². The normalized spacial score (nSPS) is 24.2. The predicted molar refractivity (Wildman–Crippen MR) is 81.1 cm³/mol. The molecule has 2 atom stereocenters. The zero-order valence-electron chi connectivity index (χ0n) is 13.7. The van der Waals surface area contributed by atoms with Gasteiger partial charge in [0.15, 0.2) is 0 Å². The van der Waals surface area contributed by atoms with E-state index in [2.05, 4.69) is 58.4 Å². The minimum Gasteiger partial charge on any atom is -0.301 e. The smallest absolute Gasteiger partial charge is 0.0156 e. The largest absolute Gasteiger partial charge is 0.301 e. The maximum Gasteiger partial charge on any atom is 0.0156 e. The molecule has 0 saturated carbocycles. The first-order chi connectivity index (χ1) is 8.25. The molecule has 0 aromatic carbocycles. The fraction of sp³-hybridized carbons (Fsp3) is 1.00. The summed E-state index contributed by atoms with van der Waals surface area (Å²) in [4.78, 5) is 5.21. The lowest BCUT2D eigenvalue weighted by molar-refractivity contribution is 0.0891. The van der Waals surface area contributed by atoms with Crippen LogP contribution in [0.15, 0.2) is 0 Å². The molecule has 1 rings (SSSR count). The quantitative estimate of drug-likeness (QED) is 0.712. The van der Waals surface area contributed by atoms with Crippen LogP contribution in [0.2, 0.25) is 0 Å². The van der Waals surface area contributed by atoms with Crippen LogP contribution >= 0.6 is 0 Å². The molecule has 18 heavy (non-hydrogen) atoms. The summed E-state index contributed by atoms with van der Waals surface area (Å²) < 4.78 is 0. The molecule has 2 heteroatoms. The number of hydrogen-bond donors (Lipinski definition) is 0. The van der Waals surface area contributed by atoms with Crippen molar-refractivity contribution in [1.82, 2.24) is 9.80 Å². The summed E-state index contributed by atoms with van der Waals surface area (Å²) in [5.41, 5.74) is 0.363. The highest BCUT2D eigenvalue weighted by Crippen LogP contribution is 2.30. The van der Waals surface area contributed by atoms with Crippen LogP contribution in [-0.4, -0.2) is 47.1 Å². The molecular weight excluding hydrogens is 220 g/mol. The maximum atomic E-state index is 2.72. The van der Waals surface area contributed by atoms with Gasteiger partial charge < -0.3 is 4.90 Å². The highest BCUT2D eigenvalue weighted by molar-refractivity contribution is 4.89. The monoisotopic (exact) mass is 254 g/mol. The molecule has 2 nitrogen and oxygen atoms in total. The van der Waals surface area contributed by atoms with E-state index in [9.17, 15) is 0 Å². The van der Waals surface area contributed by atoms with Crippen LogP contribution in [0.25, 0.3) is 0 Å². The summed E-state index contributed by atoms with van der Waals surface area (Å²) in [5.74, 6) is 0. The molecule has 0 spiro atoms. The summed E-state index contributed by atoms with van der Waals surface area (Å²) in [6, 6.07) is 2.11. The zero-order valence-corrected chi connectivity index (χ0v) is 13.7. The van der Waals surface area contributed by atoms with Gasteiger partial charge in [-0.15, -0.1) is 0 Å². The minimum absolute atomic E-state index is 0.363. The Morgan fingerprint density at radius 3 is 2.33 bits per heavy atom. The van der Waals surface area contributed by atoms with E-state index >= 15 is 0 Å². The zero-order chi connectivity index (χ0) is 13.9. The van der Waals surface area contributed by atoms with Crippen LogP contribution < -0.4 is 0 Å². The number of likely N-dealkylation sites (tertiary alicyclic amines) is 1. The van der Waals surface area contributed by atoms with Crippen LogP contribution in [0.5, 0.6) is 0 Å². The topological polar surface area (TPSA) is 6.48 Å². The molecule has 1 fully saturated rings. The van der Waals surface area contributed by atoms with E-state index in [4.69, 9.17) is 0 Å². The van der Waals surface area contributed by atoms with Crippen molar-refractivity contribution in [3.63, 3.8) is 0 Å². The first-order valence-corrected chi connectivity index (χ1v) is 7.74. The maximum absolute atomic E-state index is 2.72. The first-order valence-electron chi connectivity index (χ1n) is 7.74. The van der Waals surface area contributed by atoms with Crippen molar-refractivity contribution in [2.75, 3.05) is 13.6 Å². The average Bonchev–Trinajstić information content (AvgIpc) is 2.72. The van der Waals surface area contributed by atoms with Gasteiger partial charge in [-0.1, -0.05) is 0 Å². The fourth-order valence-electron chi connectivity index (χ4n) is 3.25.